The van der Waals surface area contributed by atoms with Crippen LogP contribution in [0.15, 0.2) is 46.1 Å². The molecule has 1 aromatic carbocycles. The van der Waals surface area contributed by atoms with Crippen LogP contribution in [0.2, 0.25) is 0 Å². The van der Waals surface area contributed by atoms with Gasteiger partial charge in [-0.05, 0) is 19.1 Å². The highest BCUT2D eigenvalue weighted by atomic mass is 31.2. The van der Waals surface area contributed by atoms with Crippen LogP contribution >= 0.6 is 7.75 Å². The molecule has 0 bridgehead atoms. The molecule has 2 aromatic rings. The molecule has 1 saturated heterocycles. The quantitative estimate of drug-likeness (QED) is 0.324. The molecule has 184 valence electrons. The number of rotatable bonds is 9. The normalized spacial score (nSPS) is 27.9. The van der Waals surface area contributed by atoms with Crippen molar-refractivity contribution < 1.29 is 37.4 Å². The summed E-state index contributed by atoms with van der Waals surface area (Å²) < 4.78 is 49.2. The summed E-state index contributed by atoms with van der Waals surface area (Å²) in [7, 11) is -2.95. The molecule has 2 aliphatic rings. The van der Waals surface area contributed by atoms with Gasteiger partial charge in [-0.15, -0.1) is 0 Å². The second-order valence-corrected chi connectivity index (χ2v) is 9.61. The van der Waals surface area contributed by atoms with Crippen LogP contribution in [0, 0.1) is 11.7 Å². The maximum absolute atomic E-state index is 13.6. The fourth-order valence-electron chi connectivity index (χ4n) is 3.90. The highest BCUT2D eigenvalue weighted by molar-refractivity contribution is 7.52. The Kier molecular flexibility index (Phi) is 6.74. The maximum Gasteiger partial charge on any atom is 0.459 e. The second kappa shape index (κ2) is 9.43. The van der Waals surface area contributed by atoms with Crippen molar-refractivity contribution >= 4 is 13.7 Å². The number of esters is 1. The van der Waals surface area contributed by atoms with Gasteiger partial charge in [0.2, 0.25) is 5.82 Å². The Bertz CT molecular complexity index is 1220. The topological polar surface area (TPSA) is 158 Å². The van der Waals surface area contributed by atoms with E-state index in [-0.39, 0.29) is 12.4 Å². The number of hydrogen-bond donors (Lipinski definition) is 3. The number of aliphatic hydroxyl groups is 1. The maximum atomic E-state index is 13.6. The molecule has 1 aromatic heterocycles. The van der Waals surface area contributed by atoms with Crippen LogP contribution in [0.4, 0.5) is 4.39 Å². The lowest BCUT2D eigenvalue weighted by Crippen LogP contribution is -2.38. The Morgan fingerprint density at radius 3 is 2.68 bits per heavy atom. The first-order valence-corrected chi connectivity index (χ1v) is 11.9. The van der Waals surface area contributed by atoms with E-state index >= 15 is 0 Å². The summed E-state index contributed by atoms with van der Waals surface area (Å²) >= 11 is 0. The molecule has 2 heterocycles. The summed E-state index contributed by atoms with van der Waals surface area (Å²) in [4.78, 5) is 36.9. The first-order chi connectivity index (χ1) is 16.1. The van der Waals surface area contributed by atoms with E-state index < -0.39 is 67.1 Å². The van der Waals surface area contributed by atoms with Crippen LogP contribution in [0.3, 0.4) is 0 Å². The number of halogens is 1. The van der Waals surface area contributed by atoms with Crippen molar-refractivity contribution in [2.45, 2.75) is 37.3 Å². The number of para-hydroxylation sites is 1. The molecule has 7 atom stereocenters. The average Bonchev–Trinajstić information content (AvgIpc) is 3.41. The number of nitrogens with one attached hydrogen (secondary N) is 2. The number of nitrogens with zero attached hydrogens (tertiary/aromatic N) is 1. The molecule has 1 saturated carbocycles. The minimum atomic E-state index is -4.13. The van der Waals surface area contributed by atoms with Crippen LogP contribution in [-0.2, 0) is 23.4 Å². The number of hydrogen-bond acceptors (Lipinski definition) is 9. The van der Waals surface area contributed by atoms with Gasteiger partial charge in [0, 0.05) is 5.92 Å². The first-order valence-electron chi connectivity index (χ1n) is 10.3. The van der Waals surface area contributed by atoms with E-state index in [0.29, 0.717) is 0 Å². The fourth-order valence-corrected chi connectivity index (χ4v) is 5.40. The summed E-state index contributed by atoms with van der Waals surface area (Å²) in [5, 5.41) is 13.1. The summed E-state index contributed by atoms with van der Waals surface area (Å²) in [6.07, 6.45) is -1.94. The molecule has 2 fully saturated rings. The van der Waals surface area contributed by atoms with Crippen LogP contribution < -0.4 is 20.9 Å². The zero-order chi connectivity index (χ0) is 24.6. The van der Waals surface area contributed by atoms with Crippen molar-refractivity contribution in [3.63, 3.8) is 0 Å². The third kappa shape index (κ3) is 4.84. The molecule has 14 heteroatoms. The largest absolute Gasteiger partial charge is 0.468 e. The molecule has 3 N–H and O–H groups in total. The van der Waals surface area contributed by atoms with E-state index in [0.717, 1.165) is 10.8 Å². The van der Waals surface area contributed by atoms with E-state index in [1.165, 1.54) is 14.0 Å². The monoisotopic (exact) mass is 499 g/mol. The van der Waals surface area contributed by atoms with Crippen LogP contribution in [0.1, 0.15) is 13.0 Å². The molecule has 1 aliphatic heterocycles. The van der Waals surface area contributed by atoms with Gasteiger partial charge in [0.1, 0.15) is 17.9 Å². The molecule has 1 aliphatic carbocycles. The number of benzene rings is 1. The predicted molar refractivity (Wildman–Crippen MR) is 114 cm³/mol. The van der Waals surface area contributed by atoms with Gasteiger partial charge in [0.05, 0.1) is 38.2 Å². The molecular weight excluding hydrogens is 476 g/mol. The fraction of sp³-hybridized carbons (Fsp3) is 0.450. The Morgan fingerprint density at radius 2 is 2.06 bits per heavy atom. The van der Waals surface area contributed by atoms with Gasteiger partial charge in [-0.25, -0.2) is 9.36 Å². The smallest absolute Gasteiger partial charge is 0.459 e. The Balaban J connectivity index is 1.43. The Labute approximate surface area is 192 Å². The van der Waals surface area contributed by atoms with Gasteiger partial charge in [-0.3, -0.25) is 23.7 Å². The van der Waals surface area contributed by atoms with Crippen molar-refractivity contribution in [3.05, 3.63) is 63.2 Å². The lowest BCUT2D eigenvalue weighted by Gasteiger charge is -2.25. The van der Waals surface area contributed by atoms with Gasteiger partial charge in [-0.2, -0.15) is 9.48 Å². The van der Waals surface area contributed by atoms with Crippen LogP contribution in [0.25, 0.3) is 0 Å². The SMILES string of the molecule is COC(=O)[C@H](C)NP(=O)(OCC1OC2C(C2n2cc(F)c(=O)[nH]c2=O)[C@@H]1O)Oc1ccccc1. The summed E-state index contributed by atoms with van der Waals surface area (Å²) in [5.41, 5.74) is -1.96. The average molecular weight is 499 g/mol. The number of fused-ring (bicyclic) bond motifs is 1. The highest BCUT2D eigenvalue weighted by Crippen LogP contribution is 2.55. The van der Waals surface area contributed by atoms with E-state index in [9.17, 15) is 28.4 Å². The van der Waals surface area contributed by atoms with Crippen molar-refractivity contribution in [2.24, 2.45) is 5.92 Å². The number of aromatic amines is 1. The van der Waals surface area contributed by atoms with Crippen LogP contribution in [-0.4, -0.2) is 58.7 Å². The molecular formula is C20H23FN3O9P. The summed E-state index contributed by atoms with van der Waals surface area (Å²) in [6, 6.07) is 6.42. The molecule has 34 heavy (non-hydrogen) atoms. The van der Waals surface area contributed by atoms with Crippen molar-refractivity contribution in [1.82, 2.24) is 14.6 Å². The number of carbonyl (C=O) groups is 1. The van der Waals surface area contributed by atoms with Crippen molar-refractivity contribution in [2.75, 3.05) is 13.7 Å². The minimum absolute atomic E-state index is 0.214. The van der Waals surface area contributed by atoms with Gasteiger partial charge in [0.25, 0.3) is 5.56 Å². The van der Waals surface area contributed by atoms with E-state index in [2.05, 4.69) is 9.82 Å². The number of aromatic nitrogens is 2. The minimum Gasteiger partial charge on any atom is -0.468 e. The van der Waals surface area contributed by atoms with Crippen LogP contribution in [0.5, 0.6) is 5.75 Å². The van der Waals surface area contributed by atoms with E-state index in [4.69, 9.17) is 13.8 Å². The molecule has 0 spiro atoms. The zero-order valence-electron chi connectivity index (χ0n) is 18.1. The van der Waals surface area contributed by atoms with Gasteiger partial charge >= 0.3 is 19.4 Å². The highest BCUT2D eigenvalue weighted by Gasteiger charge is 2.65. The van der Waals surface area contributed by atoms with Gasteiger partial charge < -0.3 is 19.1 Å². The molecule has 5 unspecified atom stereocenters. The number of aliphatic hydroxyl groups excluding tert-OH is 1. The summed E-state index contributed by atoms with van der Waals surface area (Å²) in [6.45, 7) is 1.04. The van der Waals surface area contributed by atoms with Gasteiger partial charge in [-0.1, -0.05) is 18.2 Å². The number of H-pyrrole nitrogens is 1. The lowest BCUT2D eigenvalue weighted by molar-refractivity contribution is -0.142. The predicted octanol–water partition coefficient (Wildman–Crippen LogP) is 0.330. The standard InChI is InChI=1S/C20H23FN3O9P/c1-10(19(27)30-2)23-34(29,33-11-6-4-3-5-7-11)31-9-13-16(25)14-15(17(14)32-13)24-8-12(21)18(26)22-20(24)28/h3-8,10,13-17,25H,9H2,1-2H3,(H,23,29)(H,22,26,28)/t10-,13?,14?,15?,16+,17?,34?/m0/s1. The number of ether oxygens (including phenoxy) is 2. The van der Waals surface area contributed by atoms with Crippen molar-refractivity contribution in [3.8, 4) is 5.75 Å². The third-order valence-electron chi connectivity index (χ3n) is 5.61. The van der Waals surface area contributed by atoms with Gasteiger partial charge in [0.15, 0.2) is 0 Å². The molecule has 4 rings (SSSR count). The number of methoxy groups -OCH3 is 1. The Morgan fingerprint density at radius 1 is 1.35 bits per heavy atom. The first kappa shape index (κ1) is 24.3. The lowest BCUT2D eigenvalue weighted by atomic mass is 10.1. The molecule has 0 radical (unpaired) electrons. The second-order valence-electron chi connectivity index (χ2n) is 7.91. The summed E-state index contributed by atoms with van der Waals surface area (Å²) in [5.74, 6) is -2.18. The number of carbonyl (C=O) groups excluding carboxylic acids is 1. The van der Waals surface area contributed by atoms with E-state index in [1.807, 2.05) is 4.98 Å². The Hall–Kier alpha value is -2.83. The van der Waals surface area contributed by atoms with E-state index in [1.54, 1.807) is 30.3 Å². The molecule has 12 nitrogen and oxygen atoms in total. The zero-order valence-corrected chi connectivity index (χ0v) is 19.0. The third-order valence-corrected chi connectivity index (χ3v) is 7.25. The molecule has 0 amide bonds. The van der Waals surface area contributed by atoms with Crippen molar-refractivity contribution in [1.29, 1.82) is 0 Å².